The van der Waals surface area contributed by atoms with Gasteiger partial charge in [-0.3, -0.25) is 4.79 Å². The van der Waals surface area contributed by atoms with Crippen LogP contribution < -0.4 is 0 Å². The topological polar surface area (TPSA) is 69.7 Å². The number of carbonyl (C=O) groups excluding carboxylic acids is 3. The molecule has 17 heavy (non-hydrogen) atoms. The second kappa shape index (κ2) is 5.25. The van der Waals surface area contributed by atoms with E-state index in [-0.39, 0.29) is 5.56 Å². The van der Waals surface area contributed by atoms with E-state index in [9.17, 15) is 14.4 Å². The maximum atomic E-state index is 11.6. The molecule has 0 aliphatic heterocycles. The van der Waals surface area contributed by atoms with E-state index in [1.807, 2.05) is 0 Å². The normalized spacial score (nSPS) is 9.59. The molecule has 0 fully saturated rings. The van der Waals surface area contributed by atoms with Crippen molar-refractivity contribution in [3.05, 3.63) is 34.9 Å². The molecular formula is C12H12O5. The summed E-state index contributed by atoms with van der Waals surface area (Å²) in [5.74, 6) is -2.16. The van der Waals surface area contributed by atoms with Crippen molar-refractivity contribution in [1.29, 1.82) is 0 Å². The lowest BCUT2D eigenvalue weighted by Gasteiger charge is -2.05. The van der Waals surface area contributed by atoms with Gasteiger partial charge in [-0.05, 0) is 30.7 Å². The third-order valence-corrected chi connectivity index (χ3v) is 2.26. The Kier molecular flexibility index (Phi) is 3.98. The van der Waals surface area contributed by atoms with E-state index in [2.05, 4.69) is 9.47 Å². The van der Waals surface area contributed by atoms with E-state index in [1.165, 1.54) is 25.3 Å². The lowest BCUT2D eigenvalue weighted by atomic mass is 10.0. The number of ether oxygens (including phenoxy) is 2. The standard InChI is InChI=1S/C12H12O5/c1-7-6-8(11(14)16-2)4-5-9(7)10(13)12(15)17-3/h4-6H,1-3H3. The van der Waals surface area contributed by atoms with Gasteiger partial charge in [-0.25, -0.2) is 9.59 Å². The lowest BCUT2D eigenvalue weighted by molar-refractivity contribution is -0.135. The summed E-state index contributed by atoms with van der Waals surface area (Å²) in [6, 6.07) is 4.32. The van der Waals surface area contributed by atoms with E-state index in [4.69, 9.17) is 0 Å². The highest BCUT2D eigenvalue weighted by Crippen LogP contribution is 2.13. The van der Waals surface area contributed by atoms with Crippen molar-refractivity contribution in [3.63, 3.8) is 0 Å². The average molecular weight is 236 g/mol. The van der Waals surface area contributed by atoms with Gasteiger partial charge in [0.25, 0.3) is 5.78 Å². The van der Waals surface area contributed by atoms with Crippen LogP contribution in [0.2, 0.25) is 0 Å². The zero-order valence-electron chi connectivity index (χ0n) is 9.77. The van der Waals surface area contributed by atoms with Crippen LogP contribution in [0.3, 0.4) is 0 Å². The van der Waals surface area contributed by atoms with Gasteiger partial charge >= 0.3 is 11.9 Å². The van der Waals surface area contributed by atoms with Crippen LogP contribution in [0.5, 0.6) is 0 Å². The monoisotopic (exact) mass is 236 g/mol. The van der Waals surface area contributed by atoms with Crippen LogP contribution in [0.15, 0.2) is 18.2 Å². The van der Waals surface area contributed by atoms with Crippen molar-refractivity contribution in [2.24, 2.45) is 0 Å². The Balaban J connectivity index is 3.10. The van der Waals surface area contributed by atoms with E-state index in [0.29, 0.717) is 11.1 Å². The highest BCUT2D eigenvalue weighted by Gasteiger charge is 2.19. The lowest BCUT2D eigenvalue weighted by Crippen LogP contribution is -2.17. The fraction of sp³-hybridized carbons (Fsp3) is 0.250. The molecule has 0 saturated heterocycles. The molecule has 1 rings (SSSR count). The molecule has 0 radical (unpaired) electrons. The maximum absolute atomic E-state index is 11.6. The van der Waals surface area contributed by atoms with E-state index in [0.717, 1.165) is 7.11 Å². The number of methoxy groups -OCH3 is 2. The van der Waals surface area contributed by atoms with Crippen LogP contribution >= 0.6 is 0 Å². The molecule has 90 valence electrons. The Hall–Kier alpha value is -2.17. The Morgan fingerprint density at radius 2 is 1.71 bits per heavy atom. The zero-order chi connectivity index (χ0) is 13.0. The first-order valence-electron chi connectivity index (χ1n) is 4.83. The highest BCUT2D eigenvalue weighted by atomic mass is 16.5. The second-order valence-electron chi connectivity index (χ2n) is 3.34. The first-order chi connectivity index (χ1) is 8.01. The first kappa shape index (κ1) is 12.9. The smallest absolute Gasteiger partial charge is 0.379 e. The average Bonchev–Trinajstić information content (AvgIpc) is 2.35. The molecule has 0 spiro atoms. The molecule has 0 aliphatic carbocycles. The summed E-state index contributed by atoms with van der Waals surface area (Å²) in [5.41, 5.74) is 1.05. The molecule has 5 nitrogen and oxygen atoms in total. The molecule has 0 aliphatic rings. The molecule has 0 amide bonds. The van der Waals surface area contributed by atoms with Gasteiger partial charge in [0.05, 0.1) is 19.8 Å². The third-order valence-electron chi connectivity index (χ3n) is 2.26. The summed E-state index contributed by atoms with van der Waals surface area (Å²) in [5, 5.41) is 0. The summed E-state index contributed by atoms with van der Waals surface area (Å²) in [6.45, 7) is 1.63. The quantitative estimate of drug-likeness (QED) is 0.447. The number of hydrogen-bond donors (Lipinski definition) is 0. The van der Waals surface area contributed by atoms with Crippen LogP contribution in [-0.4, -0.2) is 31.9 Å². The van der Waals surface area contributed by atoms with Crippen LogP contribution in [-0.2, 0) is 14.3 Å². The maximum Gasteiger partial charge on any atom is 0.379 e. The summed E-state index contributed by atoms with van der Waals surface area (Å²) in [6.07, 6.45) is 0. The largest absolute Gasteiger partial charge is 0.465 e. The molecule has 0 N–H and O–H groups in total. The number of benzene rings is 1. The molecule has 0 unspecified atom stereocenters. The molecule has 0 aromatic heterocycles. The predicted octanol–water partition coefficient (Wildman–Crippen LogP) is 1.14. The van der Waals surface area contributed by atoms with Crippen LogP contribution in [0.4, 0.5) is 0 Å². The van der Waals surface area contributed by atoms with Crippen molar-refractivity contribution in [3.8, 4) is 0 Å². The number of carbonyl (C=O) groups is 3. The Morgan fingerprint density at radius 1 is 1.06 bits per heavy atom. The summed E-state index contributed by atoms with van der Waals surface area (Å²) in [7, 11) is 2.41. The third kappa shape index (κ3) is 2.69. The minimum absolute atomic E-state index is 0.213. The van der Waals surface area contributed by atoms with E-state index >= 15 is 0 Å². The van der Waals surface area contributed by atoms with E-state index < -0.39 is 17.7 Å². The molecular weight excluding hydrogens is 224 g/mol. The number of Topliss-reactive ketones (excluding diaryl/α,β-unsaturated/α-hetero) is 1. The predicted molar refractivity (Wildman–Crippen MR) is 58.9 cm³/mol. The zero-order valence-corrected chi connectivity index (χ0v) is 9.77. The second-order valence-corrected chi connectivity index (χ2v) is 3.34. The van der Waals surface area contributed by atoms with Crippen LogP contribution in [0, 0.1) is 6.92 Å². The Bertz CT molecular complexity index is 476. The minimum atomic E-state index is -0.932. The van der Waals surface area contributed by atoms with Gasteiger partial charge in [-0.15, -0.1) is 0 Å². The molecule has 5 heteroatoms. The van der Waals surface area contributed by atoms with Gasteiger partial charge in [0.15, 0.2) is 0 Å². The van der Waals surface area contributed by atoms with Crippen molar-refractivity contribution in [1.82, 2.24) is 0 Å². The van der Waals surface area contributed by atoms with Gasteiger partial charge in [0.1, 0.15) is 0 Å². The number of hydrogen-bond acceptors (Lipinski definition) is 5. The first-order valence-corrected chi connectivity index (χ1v) is 4.83. The van der Waals surface area contributed by atoms with Gasteiger partial charge in [-0.1, -0.05) is 0 Å². The van der Waals surface area contributed by atoms with Gasteiger partial charge in [-0.2, -0.15) is 0 Å². The molecule has 0 bridgehead atoms. The number of aryl methyl sites for hydroxylation is 1. The fourth-order valence-corrected chi connectivity index (χ4v) is 1.37. The SMILES string of the molecule is COC(=O)C(=O)c1ccc(C(=O)OC)cc1C. The fourth-order valence-electron chi connectivity index (χ4n) is 1.37. The molecule has 1 aromatic rings. The van der Waals surface area contributed by atoms with Gasteiger partial charge in [0, 0.05) is 5.56 Å². The molecule has 0 saturated carbocycles. The van der Waals surface area contributed by atoms with Crippen LogP contribution in [0.1, 0.15) is 26.3 Å². The Labute approximate surface area is 98.3 Å². The number of esters is 2. The van der Waals surface area contributed by atoms with Crippen molar-refractivity contribution in [2.75, 3.05) is 14.2 Å². The van der Waals surface area contributed by atoms with Gasteiger partial charge < -0.3 is 9.47 Å². The minimum Gasteiger partial charge on any atom is -0.465 e. The highest BCUT2D eigenvalue weighted by molar-refractivity contribution is 6.41. The molecule has 0 atom stereocenters. The molecule has 0 heterocycles. The Morgan fingerprint density at radius 3 is 2.18 bits per heavy atom. The molecule has 1 aromatic carbocycles. The van der Waals surface area contributed by atoms with Crippen molar-refractivity contribution >= 4 is 17.7 Å². The van der Waals surface area contributed by atoms with Crippen LogP contribution in [0.25, 0.3) is 0 Å². The summed E-state index contributed by atoms with van der Waals surface area (Å²) < 4.78 is 8.88. The van der Waals surface area contributed by atoms with E-state index in [1.54, 1.807) is 6.92 Å². The van der Waals surface area contributed by atoms with Gasteiger partial charge in [0.2, 0.25) is 0 Å². The van der Waals surface area contributed by atoms with Crippen molar-refractivity contribution < 1.29 is 23.9 Å². The number of ketones is 1. The summed E-state index contributed by atoms with van der Waals surface area (Å²) >= 11 is 0. The number of rotatable bonds is 3. The van der Waals surface area contributed by atoms with Crippen molar-refractivity contribution in [2.45, 2.75) is 6.92 Å². The summed E-state index contributed by atoms with van der Waals surface area (Å²) in [4.78, 5) is 33.9.